The van der Waals surface area contributed by atoms with Crippen LogP contribution < -0.4 is 5.32 Å². The van der Waals surface area contributed by atoms with E-state index in [2.05, 4.69) is 31.3 Å². The van der Waals surface area contributed by atoms with Crippen LogP contribution in [0.25, 0.3) is 0 Å². The predicted octanol–water partition coefficient (Wildman–Crippen LogP) is 3.74. The summed E-state index contributed by atoms with van der Waals surface area (Å²) in [4.78, 5) is 27.6. The van der Waals surface area contributed by atoms with Crippen LogP contribution in [-0.2, 0) is 9.59 Å². The summed E-state index contributed by atoms with van der Waals surface area (Å²) in [6.45, 7) is 7.67. The Kier molecular flexibility index (Phi) is 6.90. The van der Waals surface area contributed by atoms with Crippen molar-refractivity contribution in [1.82, 2.24) is 10.2 Å². The van der Waals surface area contributed by atoms with E-state index in [9.17, 15) is 14.7 Å². The number of nitrogens with zero attached hydrogens (tertiary/aromatic N) is 1. The van der Waals surface area contributed by atoms with Crippen molar-refractivity contribution in [3.05, 3.63) is 34.9 Å². The van der Waals surface area contributed by atoms with Crippen molar-refractivity contribution in [1.29, 1.82) is 0 Å². The van der Waals surface area contributed by atoms with Crippen molar-refractivity contribution in [2.75, 3.05) is 13.1 Å². The topological polar surface area (TPSA) is 69.6 Å². The van der Waals surface area contributed by atoms with E-state index in [1.54, 1.807) is 0 Å². The summed E-state index contributed by atoms with van der Waals surface area (Å²) in [6.07, 6.45) is 2.91. The molecule has 1 heterocycles. The number of halogens is 1. The van der Waals surface area contributed by atoms with Gasteiger partial charge in [0.2, 0.25) is 11.8 Å². The van der Waals surface area contributed by atoms with Crippen LogP contribution in [0.5, 0.6) is 0 Å². The smallest absolute Gasteiger partial charge is 0.245 e. The molecule has 1 aliphatic heterocycles. The standard InChI is InChI=1S/C23H33ClN2O3/c1-4-20(25-21(28)16-7-10-18(27)13-16)22(29)26-12-11-19(23(2,3)14-26)15-5-8-17(24)9-6-15/h5-6,8-9,16,18-20,27H,4,7,10-14H2,1-3H3,(H,25,28)/t16-,18+,19?,20+/m0/s1. The van der Waals surface area contributed by atoms with E-state index in [1.807, 2.05) is 24.0 Å². The molecular weight excluding hydrogens is 388 g/mol. The average Bonchev–Trinajstić information content (AvgIpc) is 3.12. The lowest BCUT2D eigenvalue weighted by Gasteiger charge is -2.45. The van der Waals surface area contributed by atoms with E-state index in [1.165, 1.54) is 5.56 Å². The maximum Gasteiger partial charge on any atom is 0.245 e. The summed E-state index contributed by atoms with van der Waals surface area (Å²) in [7, 11) is 0. The van der Waals surface area contributed by atoms with Gasteiger partial charge in [-0.05, 0) is 61.1 Å². The van der Waals surface area contributed by atoms with Gasteiger partial charge in [-0.2, -0.15) is 0 Å². The molecule has 1 aromatic rings. The highest BCUT2D eigenvalue weighted by molar-refractivity contribution is 6.30. The average molecular weight is 421 g/mol. The van der Waals surface area contributed by atoms with Gasteiger partial charge in [0.25, 0.3) is 0 Å². The third kappa shape index (κ3) is 5.13. The molecule has 1 saturated carbocycles. The van der Waals surface area contributed by atoms with Gasteiger partial charge in [-0.3, -0.25) is 9.59 Å². The van der Waals surface area contributed by atoms with Crippen molar-refractivity contribution in [3.8, 4) is 0 Å². The van der Waals surface area contributed by atoms with Crippen molar-refractivity contribution in [2.24, 2.45) is 11.3 Å². The molecule has 0 spiro atoms. The Hall–Kier alpha value is -1.59. The number of aliphatic hydroxyl groups excluding tert-OH is 1. The molecule has 2 fully saturated rings. The van der Waals surface area contributed by atoms with Gasteiger partial charge in [-0.25, -0.2) is 0 Å². The first-order chi connectivity index (χ1) is 13.7. The molecule has 5 nitrogen and oxygen atoms in total. The van der Waals surface area contributed by atoms with Crippen LogP contribution in [0.1, 0.15) is 64.4 Å². The number of hydrogen-bond donors (Lipinski definition) is 2. The molecule has 29 heavy (non-hydrogen) atoms. The number of aliphatic hydroxyl groups is 1. The zero-order valence-corrected chi connectivity index (χ0v) is 18.4. The Morgan fingerprint density at radius 2 is 1.93 bits per heavy atom. The SMILES string of the molecule is CC[C@@H](NC(=O)[C@H]1CC[C@@H](O)C1)C(=O)N1CCC(c2ccc(Cl)cc2)C(C)(C)C1. The molecule has 4 atom stereocenters. The monoisotopic (exact) mass is 420 g/mol. The minimum atomic E-state index is -0.497. The van der Waals surface area contributed by atoms with E-state index < -0.39 is 12.1 Å². The molecule has 3 rings (SSSR count). The molecule has 160 valence electrons. The van der Waals surface area contributed by atoms with E-state index in [0.717, 1.165) is 11.4 Å². The summed E-state index contributed by atoms with van der Waals surface area (Å²) in [5.41, 5.74) is 1.19. The van der Waals surface area contributed by atoms with Gasteiger partial charge in [0.15, 0.2) is 0 Å². The first kappa shape index (κ1) is 22.1. The van der Waals surface area contributed by atoms with Crippen LogP contribution in [0.2, 0.25) is 5.02 Å². The molecule has 2 amide bonds. The molecule has 6 heteroatoms. The molecule has 0 aromatic heterocycles. The largest absolute Gasteiger partial charge is 0.393 e. The zero-order valence-electron chi connectivity index (χ0n) is 17.7. The third-order valence-corrected chi connectivity index (χ3v) is 6.86. The lowest BCUT2D eigenvalue weighted by Crippen LogP contribution is -2.54. The number of rotatable bonds is 5. The highest BCUT2D eigenvalue weighted by Gasteiger charge is 2.40. The highest BCUT2D eigenvalue weighted by Crippen LogP contribution is 2.42. The van der Waals surface area contributed by atoms with Gasteiger partial charge in [-0.1, -0.05) is 44.5 Å². The molecule has 1 unspecified atom stereocenters. The van der Waals surface area contributed by atoms with Crippen LogP contribution in [0, 0.1) is 11.3 Å². The summed E-state index contributed by atoms with van der Waals surface area (Å²) >= 11 is 6.03. The van der Waals surface area contributed by atoms with E-state index in [-0.39, 0.29) is 23.1 Å². The fourth-order valence-electron chi connectivity index (χ4n) is 4.90. The summed E-state index contributed by atoms with van der Waals surface area (Å²) in [5, 5.41) is 13.4. The Morgan fingerprint density at radius 3 is 2.48 bits per heavy atom. The fraction of sp³-hybridized carbons (Fsp3) is 0.652. The van der Waals surface area contributed by atoms with Crippen LogP contribution in [0.15, 0.2) is 24.3 Å². The van der Waals surface area contributed by atoms with Gasteiger partial charge in [-0.15, -0.1) is 0 Å². The number of nitrogens with one attached hydrogen (secondary N) is 1. The van der Waals surface area contributed by atoms with Crippen LogP contribution in [0.3, 0.4) is 0 Å². The fourth-order valence-corrected chi connectivity index (χ4v) is 5.03. The highest BCUT2D eigenvalue weighted by atomic mass is 35.5. The van der Waals surface area contributed by atoms with Crippen LogP contribution in [0.4, 0.5) is 0 Å². The number of amides is 2. The second-order valence-corrected chi connectivity index (χ2v) is 9.71. The number of carbonyl (C=O) groups excluding carboxylic acids is 2. The predicted molar refractivity (Wildman–Crippen MR) is 115 cm³/mol. The number of likely N-dealkylation sites (tertiary alicyclic amines) is 1. The Morgan fingerprint density at radius 1 is 1.24 bits per heavy atom. The van der Waals surface area contributed by atoms with Crippen molar-refractivity contribution in [3.63, 3.8) is 0 Å². The van der Waals surface area contributed by atoms with E-state index in [0.29, 0.717) is 44.7 Å². The quantitative estimate of drug-likeness (QED) is 0.762. The number of hydrogen-bond acceptors (Lipinski definition) is 3. The van der Waals surface area contributed by atoms with Crippen molar-refractivity contribution >= 4 is 23.4 Å². The molecule has 1 saturated heterocycles. The minimum Gasteiger partial charge on any atom is -0.393 e. The maximum atomic E-state index is 13.2. The lowest BCUT2D eigenvalue weighted by atomic mass is 9.70. The molecule has 2 aliphatic rings. The molecule has 0 bridgehead atoms. The van der Waals surface area contributed by atoms with Crippen molar-refractivity contribution in [2.45, 2.75) is 70.9 Å². The Balaban J connectivity index is 1.63. The van der Waals surface area contributed by atoms with Crippen molar-refractivity contribution < 1.29 is 14.7 Å². The van der Waals surface area contributed by atoms with Gasteiger partial charge in [0.1, 0.15) is 6.04 Å². The molecular formula is C23H33ClN2O3. The zero-order chi connectivity index (χ0) is 21.2. The third-order valence-electron chi connectivity index (χ3n) is 6.61. The Labute approximate surface area is 178 Å². The van der Waals surface area contributed by atoms with Crippen LogP contribution >= 0.6 is 11.6 Å². The summed E-state index contributed by atoms with van der Waals surface area (Å²) < 4.78 is 0. The first-order valence-corrected chi connectivity index (χ1v) is 11.1. The van der Waals surface area contributed by atoms with Gasteiger partial charge in [0.05, 0.1) is 6.10 Å². The summed E-state index contributed by atoms with van der Waals surface area (Å²) in [5.74, 6) is 0.0801. The van der Waals surface area contributed by atoms with Gasteiger partial charge < -0.3 is 15.3 Å². The molecule has 2 N–H and O–H groups in total. The Bertz CT molecular complexity index is 734. The van der Waals surface area contributed by atoms with Crippen LogP contribution in [-0.4, -0.2) is 47.1 Å². The molecule has 1 aromatic carbocycles. The number of carbonyl (C=O) groups is 2. The normalized spacial score (nSPS) is 27.5. The van der Waals surface area contributed by atoms with E-state index >= 15 is 0 Å². The number of benzene rings is 1. The second-order valence-electron chi connectivity index (χ2n) is 9.27. The van der Waals surface area contributed by atoms with Gasteiger partial charge >= 0.3 is 0 Å². The van der Waals surface area contributed by atoms with Gasteiger partial charge in [0, 0.05) is 24.0 Å². The number of piperidine rings is 1. The molecule has 0 radical (unpaired) electrons. The lowest BCUT2D eigenvalue weighted by molar-refractivity contribution is -0.140. The maximum absolute atomic E-state index is 13.2. The molecule has 1 aliphatic carbocycles. The second kappa shape index (κ2) is 9.05. The minimum absolute atomic E-state index is 0.00188. The summed E-state index contributed by atoms with van der Waals surface area (Å²) in [6, 6.07) is 7.51. The first-order valence-electron chi connectivity index (χ1n) is 10.7. The van der Waals surface area contributed by atoms with E-state index in [4.69, 9.17) is 11.6 Å².